The maximum Gasteiger partial charge on any atom is 0.326 e. The highest BCUT2D eigenvalue weighted by Crippen LogP contribution is 2.35. The van der Waals surface area contributed by atoms with Gasteiger partial charge in [0.05, 0.1) is 17.0 Å². The molecule has 0 aliphatic carbocycles. The van der Waals surface area contributed by atoms with Gasteiger partial charge in [-0.3, -0.25) is 20.2 Å². The molecule has 0 saturated heterocycles. The summed E-state index contributed by atoms with van der Waals surface area (Å²) < 4.78 is 0. The minimum atomic E-state index is -1.06. The van der Waals surface area contributed by atoms with Crippen molar-refractivity contribution in [3.8, 4) is 0 Å². The smallest absolute Gasteiger partial charge is 0.326 e. The van der Waals surface area contributed by atoms with Crippen molar-refractivity contribution >= 4 is 28.5 Å². The maximum atomic E-state index is 13.1. The Kier molecular flexibility index (Phi) is 6.15. The largest absolute Gasteiger partial charge is 0.480 e. The third kappa shape index (κ3) is 4.58. The number of hydrogen-bond acceptors (Lipinski definition) is 5. The summed E-state index contributed by atoms with van der Waals surface area (Å²) in [6.07, 6.45) is 0.723. The van der Waals surface area contributed by atoms with E-state index in [9.17, 15) is 24.8 Å². The van der Waals surface area contributed by atoms with E-state index in [0.717, 1.165) is 27.7 Å². The summed E-state index contributed by atoms with van der Waals surface area (Å²) in [7, 11) is 0. The van der Waals surface area contributed by atoms with Crippen LogP contribution in [0.15, 0.2) is 48.5 Å². The number of benzene rings is 2. The first-order valence-corrected chi connectivity index (χ1v) is 10.9. The van der Waals surface area contributed by atoms with E-state index >= 15 is 0 Å². The molecule has 2 heterocycles. The fourth-order valence-electron chi connectivity index (χ4n) is 4.42. The number of carboxylic acid groups (broad SMARTS) is 1. The average Bonchev–Trinajstić information content (AvgIpc) is 3.16. The van der Waals surface area contributed by atoms with Crippen molar-refractivity contribution in [1.29, 1.82) is 0 Å². The van der Waals surface area contributed by atoms with Gasteiger partial charge in [0, 0.05) is 28.7 Å². The highest BCUT2D eigenvalue weighted by atomic mass is 16.6. The summed E-state index contributed by atoms with van der Waals surface area (Å²) in [6.45, 7) is 3.81. The molecule has 3 atom stereocenters. The lowest BCUT2D eigenvalue weighted by molar-refractivity contribution is -0.384. The Hall–Kier alpha value is -3.72. The van der Waals surface area contributed by atoms with Crippen LogP contribution in [0, 0.1) is 16.0 Å². The number of aliphatic carboxylic acids is 1. The van der Waals surface area contributed by atoms with E-state index in [4.69, 9.17) is 0 Å². The van der Waals surface area contributed by atoms with Crippen molar-refractivity contribution in [2.45, 2.75) is 44.8 Å². The standard InChI is InChI=1S/C24H26N4O5/c1-13(2)11-20(24(30)31)27-23(29)19-12-17-16-5-3-4-6-18(16)25-22(17)21(26-19)14-7-9-15(10-8-14)28(32)33/h3-10,13,19-21,25-26H,11-12H2,1-2H3,(H,27,29)(H,30,31)/t19-,20-,21+/m0/s1. The molecule has 0 fully saturated rings. The van der Waals surface area contributed by atoms with Gasteiger partial charge in [-0.15, -0.1) is 0 Å². The molecule has 0 unspecified atom stereocenters. The molecule has 4 N–H and O–H groups in total. The van der Waals surface area contributed by atoms with Crippen LogP contribution in [0.2, 0.25) is 0 Å². The van der Waals surface area contributed by atoms with Gasteiger partial charge in [0.1, 0.15) is 6.04 Å². The molecule has 33 heavy (non-hydrogen) atoms. The number of aromatic nitrogens is 1. The van der Waals surface area contributed by atoms with Crippen LogP contribution in [0.3, 0.4) is 0 Å². The van der Waals surface area contributed by atoms with Gasteiger partial charge in [0.25, 0.3) is 5.69 Å². The molecule has 1 aliphatic heterocycles. The average molecular weight is 450 g/mol. The molecular weight excluding hydrogens is 424 g/mol. The van der Waals surface area contributed by atoms with Gasteiger partial charge in [-0.25, -0.2) is 4.79 Å². The minimum absolute atomic E-state index is 0.0151. The van der Waals surface area contributed by atoms with Gasteiger partial charge in [0.2, 0.25) is 5.91 Å². The highest BCUT2D eigenvalue weighted by molar-refractivity contribution is 5.90. The van der Waals surface area contributed by atoms with Crippen LogP contribution in [0.4, 0.5) is 5.69 Å². The summed E-state index contributed by atoms with van der Waals surface area (Å²) in [5, 5.41) is 27.6. The molecule has 1 aliphatic rings. The molecule has 172 valence electrons. The lowest BCUT2D eigenvalue weighted by atomic mass is 9.89. The molecule has 0 spiro atoms. The molecule has 9 nitrogen and oxygen atoms in total. The number of para-hydroxylation sites is 1. The number of nitrogens with zero attached hydrogens (tertiary/aromatic N) is 1. The summed E-state index contributed by atoms with van der Waals surface area (Å²) >= 11 is 0. The summed E-state index contributed by atoms with van der Waals surface area (Å²) in [6, 6.07) is 12.0. The monoisotopic (exact) mass is 450 g/mol. The van der Waals surface area contributed by atoms with Gasteiger partial charge >= 0.3 is 5.97 Å². The zero-order valence-electron chi connectivity index (χ0n) is 18.4. The van der Waals surface area contributed by atoms with Gasteiger partial charge in [-0.1, -0.05) is 44.2 Å². The number of nitro groups is 1. The Morgan fingerprint density at radius 2 is 1.88 bits per heavy atom. The van der Waals surface area contributed by atoms with Crippen molar-refractivity contribution in [3.63, 3.8) is 0 Å². The number of carbonyl (C=O) groups is 2. The lowest BCUT2D eigenvalue weighted by Crippen LogP contribution is -2.53. The second kappa shape index (κ2) is 9.03. The quantitative estimate of drug-likeness (QED) is 0.322. The number of nitrogens with one attached hydrogen (secondary N) is 3. The zero-order valence-corrected chi connectivity index (χ0v) is 18.4. The van der Waals surface area contributed by atoms with Crippen LogP contribution in [-0.2, 0) is 16.0 Å². The topological polar surface area (TPSA) is 137 Å². The van der Waals surface area contributed by atoms with Crippen LogP contribution in [-0.4, -0.2) is 39.0 Å². The van der Waals surface area contributed by atoms with Crippen LogP contribution in [0.5, 0.6) is 0 Å². The first-order chi connectivity index (χ1) is 15.7. The molecule has 9 heteroatoms. The Bertz CT molecular complexity index is 1200. The van der Waals surface area contributed by atoms with Crippen molar-refractivity contribution in [3.05, 3.63) is 75.5 Å². The second-order valence-corrected chi connectivity index (χ2v) is 8.80. The van der Waals surface area contributed by atoms with Gasteiger partial charge < -0.3 is 15.4 Å². The van der Waals surface area contributed by atoms with Crippen molar-refractivity contribution in [2.75, 3.05) is 0 Å². The Balaban J connectivity index is 1.69. The number of aromatic amines is 1. The van der Waals surface area contributed by atoms with E-state index < -0.39 is 29.0 Å². The minimum Gasteiger partial charge on any atom is -0.480 e. The summed E-state index contributed by atoms with van der Waals surface area (Å²) in [5.74, 6) is -1.34. The molecule has 0 radical (unpaired) electrons. The van der Waals surface area contributed by atoms with E-state index in [1.807, 2.05) is 38.1 Å². The van der Waals surface area contributed by atoms with Crippen LogP contribution >= 0.6 is 0 Å². The summed E-state index contributed by atoms with van der Waals surface area (Å²) in [4.78, 5) is 38.8. The van der Waals surface area contributed by atoms with E-state index in [0.29, 0.717) is 12.8 Å². The number of rotatable bonds is 7. The Labute approximate surface area is 190 Å². The van der Waals surface area contributed by atoms with E-state index in [-0.39, 0.29) is 17.5 Å². The molecule has 2 aromatic carbocycles. The number of hydrogen-bond donors (Lipinski definition) is 4. The molecule has 1 aromatic heterocycles. The van der Waals surface area contributed by atoms with Crippen LogP contribution in [0.1, 0.15) is 43.1 Å². The van der Waals surface area contributed by atoms with E-state index in [1.165, 1.54) is 12.1 Å². The van der Waals surface area contributed by atoms with Crippen LogP contribution in [0.25, 0.3) is 10.9 Å². The van der Waals surface area contributed by atoms with E-state index in [1.54, 1.807) is 12.1 Å². The van der Waals surface area contributed by atoms with Gasteiger partial charge in [-0.2, -0.15) is 0 Å². The first-order valence-electron chi connectivity index (χ1n) is 10.9. The SMILES string of the molecule is CC(C)C[C@H](NC(=O)[C@@H]1Cc2c([nH]c3ccccc23)[C@@H](c2ccc([N+](=O)[O-])cc2)N1)C(=O)O. The molecule has 1 amide bonds. The zero-order chi connectivity index (χ0) is 23.7. The second-order valence-electron chi connectivity index (χ2n) is 8.80. The Morgan fingerprint density at radius 1 is 1.18 bits per heavy atom. The number of fused-ring (bicyclic) bond motifs is 3. The normalized spacial score (nSPS) is 18.6. The first kappa shape index (κ1) is 22.5. The Morgan fingerprint density at radius 3 is 2.52 bits per heavy atom. The van der Waals surface area contributed by atoms with Gasteiger partial charge in [-0.05, 0) is 36.0 Å². The molecule has 3 aromatic rings. The molecular formula is C24H26N4O5. The molecule has 4 rings (SSSR count). The molecule has 0 bridgehead atoms. The van der Waals surface area contributed by atoms with Crippen molar-refractivity contribution in [2.24, 2.45) is 5.92 Å². The number of nitro benzene ring substituents is 1. The predicted octanol–water partition coefficient (Wildman–Crippen LogP) is 3.30. The van der Waals surface area contributed by atoms with Crippen molar-refractivity contribution < 1.29 is 19.6 Å². The number of H-pyrrole nitrogens is 1. The third-order valence-electron chi connectivity index (χ3n) is 5.99. The van der Waals surface area contributed by atoms with E-state index in [2.05, 4.69) is 15.6 Å². The lowest BCUT2D eigenvalue weighted by Gasteiger charge is -2.32. The van der Waals surface area contributed by atoms with Crippen molar-refractivity contribution in [1.82, 2.24) is 15.6 Å². The number of amides is 1. The number of non-ortho nitro benzene ring substituents is 1. The van der Waals surface area contributed by atoms with Crippen LogP contribution < -0.4 is 10.6 Å². The fourth-order valence-corrected chi connectivity index (χ4v) is 4.42. The third-order valence-corrected chi connectivity index (χ3v) is 5.99. The predicted molar refractivity (Wildman–Crippen MR) is 123 cm³/mol. The fraction of sp³-hybridized carbons (Fsp3) is 0.333. The highest BCUT2D eigenvalue weighted by Gasteiger charge is 2.35. The summed E-state index contributed by atoms with van der Waals surface area (Å²) in [5.41, 5.74) is 3.55. The number of carboxylic acids is 1. The molecule has 0 saturated carbocycles. The number of carbonyl (C=O) groups excluding carboxylic acids is 1. The van der Waals surface area contributed by atoms with Gasteiger partial charge in [0.15, 0.2) is 0 Å². The maximum absolute atomic E-state index is 13.1.